The van der Waals surface area contributed by atoms with Crippen molar-refractivity contribution in [3.63, 3.8) is 0 Å². The summed E-state index contributed by atoms with van der Waals surface area (Å²) in [6.45, 7) is 6.01. The average Bonchev–Trinajstić information content (AvgIpc) is 2.27. The predicted octanol–water partition coefficient (Wildman–Crippen LogP) is 3.88. The lowest BCUT2D eigenvalue weighted by molar-refractivity contribution is 0.415. The molecule has 0 saturated carbocycles. The summed E-state index contributed by atoms with van der Waals surface area (Å²) >= 11 is 0. The Kier molecular flexibility index (Phi) is 2.46. The smallest absolute Gasteiger partial charge is 0.119 e. The van der Waals surface area contributed by atoms with Crippen LogP contribution in [0.25, 0.3) is 16.3 Å². The van der Waals surface area contributed by atoms with Crippen molar-refractivity contribution in [3.05, 3.63) is 48.5 Å². The van der Waals surface area contributed by atoms with Gasteiger partial charge in [0.2, 0.25) is 0 Å². The van der Waals surface area contributed by atoms with Gasteiger partial charge in [0, 0.05) is 0 Å². The quantitative estimate of drug-likeness (QED) is 0.711. The number of methoxy groups -OCH3 is 1. The fourth-order valence-corrected chi connectivity index (χ4v) is 1.76. The van der Waals surface area contributed by atoms with E-state index in [2.05, 4.69) is 24.8 Å². The molecule has 0 bridgehead atoms. The molecule has 0 heterocycles. The van der Waals surface area contributed by atoms with Crippen LogP contribution in [-0.2, 0) is 0 Å². The molecular weight excluding hydrogens is 184 g/mol. The molecule has 0 saturated heterocycles. The molecule has 2 rings (SSSR count). The lowest BCUT2D eigenvalue weighted by Gasteiger charge is -2.07. The summed E-state index contributed by atoms with van der Waals surface area (Å²) in [7, 11) is 1.68. The molecule has 0 atom stereocenters. The zero-order valence-corrected chi connectivity index (χ0v) is 9.08. The molecule has 0 N–H and O–H groups in total. The Morgan fingerprint density at radius 1 is 1.20 bits per heavy atom. The summed E-state index contributed by atoms with van der Waals surface area (Å²) in [5.74, 6) is 0.890. The van der Waals surface area contributed by atoms with E-state index in [4.69, 9.17) is 4.74 Å². The standard InChI is InChI=1S/C14H14O/c1-10(2)13-6-4-5-11-9-12(15-3)7-8-14(11)13/h4-9H,1H2,2-3H3. The van der Waals surface area contributed by atoms with Crippen LogP contribution in [0, 0.1) is 0 Å². The third-order valence-electron chi connectivity index (χ3n) is 2.55. The lowest BCUT2D eigenvalue weighted by Crippen LogP contribution is -1.85. The molecule has 1 heteroatoms. The van der Waals surface area contributed by atoms with Gasteiger partial charge in [-0.15, -0.1) is 0 Å². The SMILES string of the molecule is C=C(C)c1cccc2cc(OC)ccc12. The number of benzene rings is 2. The second kappa shape index (κ2) is 3.77. The molecule has 1 nitrogen and oxygen atoms in total. The van der Waals surface area contributed by atoms with Gasteiger partial charge < -0.3 is 4.74 Å². The molecule has 0 aliphatic carbocycles. The first-order valence-electron chi connectivity index (χ1n) is 4.95. The molecule has 0 unspecified atom stereocenters. The van der Waals surface area contributed by atoms with Crippen LogP contribution < -0.4 is 4.74 Å². The highest BCUT2D eigenvalue weighted by molar-refractivity contribution is 5.93. The van der Waals surface area contributed by atoms with E-state index in [0.29, 0.717) is 0 Å². The minimum absolute atomic E-state index is 0.890. The van der Waals surface area contributed by atoms with E-state index in [-0.39, 0.29) is 0 Å². The fourth-order valence-electron chi connectivity index (χ4n) is 1.76. The van der Waals surface area contributed by atoms with Gasteiger partial charge in [0.25, 0.3) is 0 Å². The van der Waals surface area contributed by atoms with E-state index in [1.165, 1.54) is 16.3 Å². The Hall–Kier alpha value is -1.76. The van der Waals surface area contributed by atoms with E-state index >= 15 is 0 Å². The van der Waals surface area contributed by atoms with Gasteiger partial charge in [0.1, 0.15) is 5.75 Å². The minimum atomic E-state index is 0.890. The highest BCUT2D eigenvalue weighted by Gasteiger charge is 2.02. The predicted molar refractivity (Wildman–Crippen MR) is 65.2 cm³/mol. The molecule has 0 spiro atoms. The van der Waals surface area contributed by atoms with Gasteiger partial charge in [0.05, 0.1) is 7.11 Å². The zero-order valence-electron chi connectivity index (χ0n) is 9.08. The van der Waals surface area contributed by atoms with Crippen molar-refractivity contribution in [2.45, 2.75) is 6.92 Å². The van der Waals surface area contributed by atoms with E-state index in [9.17, 15) is 0 Å². The van der Waals surface area contributed by atoms with E-state index in [1.807, 2.05) is 25.1 Å². The van der Waals surface area contributed by atoms with Gasteiger partial charge in [-0.3, -0.25) is 0 Å². The molecule has 0 aliphatic rings. The van der Waals surface area contributed by atoms with Gasteiger partial charge >= 0.3 is 0 Å². The molecule has 0 fully saturated rings. The van der Waals surface area contributed by atoms with Crippen molar-refractivity contribution in [1.29, 1.82) is 0 Å². The maximum atomic E-state index is 5.20. The van der Waals surface area contributed by atoms with Crippen molar-refractivity contribution < 1.29 is 4.74 Å². The third kappa shape index (κ3) is 1.73. The maximum Gasteiger partial charge on any atom is 0.119 e. The molecule has 0 aromatic heterocycles. The summed E-state index contributed by atoms with van der Waals surface area (Å²) in [4.78, 5) is 0. The van der Waals surface area contributed by atoms with Crippen molar-refractivity contribution in [2.75, 3.05) is 7.11 Å². The summed E-state index contributed by atoms with van der Waals surface area (Å²) < 4.78 is 5.20. The highest BCUT2D eigenvalue weighted by Crippen LogP contribution is 2.27. The normalized spacial score (nSPS) is 10.3. The van der Waals surface area contributed by atoms with Gasteiger partial charge in [-0.05, 0) is 35.4 Å². The van der Waals surface area contributed by atoms with Gasteiger partial charge in [0.15, 0.2) is 0 Å². The summed E-state index contributed by atoms with van der Waals surface area (Å²) in [5, 5.41) is 2.42. The van der Waals surface area contributed by atoms with Crippen LogP contribution in [-0.4, -0.2) is 7.11 Å². The number of ether oxygens (including phenoxy) is 1. The second-order valence-corrected chi connectivity index (χ2v) is 3.67. The Morgan fingerprint density at radius 3 is 2.67 bits per heavy atom. The van der Waals surface area contributed by atoms with Gasteiger partial charge in [-0.1, -0.05) is 36.4 Å². The number of hydrogen-bond acceptors (Lipinski definition) is 1. The van der Waals surface area contributed by atoms with Gasteiger partial charge in [-0.2, -0.15) is 0 Å². The minimum Gasteiger partial charge on any atom is -0.497 e. The Balaban J connectivity index is 2.72. The zero-order chi connectivity index (χ0) is 10.8. The van der Waals surface area contributed by atoms with Gasteiger partial charge in [-0.25, -0.2) is 0 Å². The monoisotopic (exact) mass is 198 g/mol. The van der Waals surface area contributed by atoms with Crippen molar-refractivity contribution in [3.8, 4) is 5.75 Å². The lowest BCUT2D eigenvalue weighted by atomic mass is 10.00. The third-order valence-corrected chi connectivity index (χ3v) is 2.55. The first-order chi connectivity index (χ1) is 7.22. The second-order valence-electron chi connectivity index (χ2n) is 3.67. The molecule has 0 radical (unpaired) electrons. The number of allylic oxidation sites excluding steroid dienone is 1. The van der Waals surface area contributed by atoms with Crippen molar-refractivity contribution in [2.24, 2.45) is 0 Å². The summed E-state index contributed by atoms with van der Waals surface area (Å²) in [6, 6.07) is 12.3. The first-order valence-corrected chi connectivity index (χ1v) is 4.95. The Bertz CT molecular complexity index is 512. The number of rotatable bonds is 2. The number of fused-ring (bicyclic) bond motifs is 1. The molecule has 2 aromatic carbocycles. The average molecular weight is 198 g/mol. The molecule has 0 amide bonds. The van der Waals surface area contributed by atoms with Crippen LogP contribution in [0.4, 0.5) is 0 Å². The highest BCUT2D eigenvalue weighted by atomic mass is 16.5. The first kappa shape index (κ1) is 9.78. The van der Waals surface area contributed by atoms with Crippen LogP contribution in [0.3, 0.4) is 0 Å². The van der Waals surface area contributed by atoms with Crippen molar-refractivity contribution in [1.82, 2.24) is 0 Å². The summed E-state index contributed by atoms with van der Waals surface area (Å²) in [6.07, 6.45) is 0. The topological polar surface area (TPSA) is 9.23 Å². The van der Waals surface area contributed by atoms with Crippen LogP contribution in [0.5, 0.6) is 5.75 Å². The van der Waals surface area contributed by atoms with Crippen LogP contribution in [0.15, 0.2) is 43.0 Å². The molecule has 76 valence electrons. The molecule has 0 aliphatic heterocycles. The van der Waals surface area contributed by atoms with E-state index in [1.54, 1.807) is 7.11 Å². The van der Waals surface area contributed by atoms with Crippen LogP contribution in [0.1, 0.15) is 12.5 Å². The number of hydrogen-bond donors (Lipinski definition) is 0. The van der Waals surface area contributed by atoms with Crippen LogP contribution in [0.2, 0.25) is 0 Å². The maximum absolute atomic E-state index is 5.20. The van der Waals surface area contributed by atoms with Crippen LogP contribution >= 0.6 is 0 Å². The largest absolute Gasteiger partial charge is 0.497 e. The van der Waals surface area contributed by atoms with E-state index < -0.39 is 0 Å². The molecule has 2 aromatic rings. The van der Waals surface area contributed by atoms with E-state index in [0.717, 1.165) is 11.3 Å². The fraction of sp³-hybridized carbons (Fsp3) is 0.143. The Labute approximate surface area is 90.0 Å². The Morgan fingerprint density at radius 2 is 2.00 bits per heavy atom. The molecular formula is C14H14O. The molecule has 15 heavy (non-hydrogen) atoms. The van der Waals surface area contributed by atoms with Crippen molar-refractivity contribution >= 4 is 16.3 Å². The summed E-state index contributed by atoms with van der Waals surface area (Å²) in [5.41, 5.74) is 2.29.